The number of nitrogens with zero attached hydrogens (tertiary/aromatic N) is 3. The average molecular weight is 395 g/mol. The number of benzene rings is 1. The first-order valence-corrected chi connectivity index (χ1v) is 9.21. The van der Waals surface area contributed by atoms with Gasteiger partial charge in [0, 0.05) is 30.6 Å². The highest BCUT2D eigenvalue weighted by atomic mass is 35.5. The quantitative estimate of drug-likeness (QED) is 0.646. The summed E-state index contributed by atoms with van der Waals surface area (Å²) in [6.07, 6.45) is 2.98. The fourth-order valence-electron chi connectivity index (χ4n) is 2.27. The molecule has 10 heteroatoms. The molecule has 0 amide bonds. The molecule has 0 fully saturated rings. The molecule has 2 aromatic heterocycles. The molecule has 3 aromatic rings. The van der Waals surface area contributed by atoms with Crippen LogP contribution in [0.1, 0.15) is 0 Å². The topological polar surface area (TPSA) is 95.3 Å². The van der Waals surface area contributed by atoms with Gasteiger partial charge in [-0.3, -0.25) is 9.29 Å². The van der Waals surface area contributed by atoms with Gasteiger partial charge >= 0.3 is 0 Å². The van der Waals surface area contributed by atoms with E-state index in [1.807, 2.05) is 0 Å². The molecule has 2 heterocycles. The summed E-state index contributed by atoms with van der Waals surface area (Å²) in [7, 11) is -0.971. The maximum atomic E-state index is 12.8. The number of ether oxygens (including phenoxy) is 2. The minimum absolute atomic E-state index is 0.0402. The number of nitrogens with one attached hydrogen (secondary N) is 1. The SMILES string of the molecule is COc1cc(NS(=O)(=O)c2cccn2-c2nccc(Cl)n2)cc(OC)c1. The normalized spacial score (nSPS) is 11.2. The lowest BCUT2D eigenvalue weighted by Crippen LogP contribution is -2.17. The van der Waals surface area contributed by atoms with Crippen LogP contribution in [0.2, 0.25) is 5.15 Å². The average Bonchev–Trinajstić information content (AvgIpc) is 3.12. The van der Waals surface area contributed by atoms with Crippen LogP contribution in [0.5, 0.6) is 11.5 Å². The lowest BCUT2D eigenvalue weighted by atomic mass is 10.3. The Morgan fingerprint density at radius 2 is 1.81 bits per heavy atom. The van der Waals surface area contributed by atoms with Crippen molar-refractivity contribution in [3.63, 3.8) is 0 Å². The Hall–Kier alpha value is -2.78. The van der Waals surface area contributed by atoms with Crippen molar-refractivity contribution in [2.24, 2.45) is 0 Å². The number of aromatic nitrogens is 3. The van der Waals surface area contributed by atoms with Gasteiger partial charge in [-0.25, -0.2) is 9.97 Å². The second kappa shape index (κ2) is 7.22. The van der Waals surface area contributed by atoms with Crippen LogP contribution in [0.3, 0.4) is 0 Å². The molecule has 0 bridgehead atoms. The maximum Gasteiger partial charge on any atom is 0.278 e. The van der Waals surface area contributed by atoms with Crippen molar-refractivity contribution in [1.82, 2.24) is 14.5 Å². The van der Waals surface area contributed by atoms with Crippen LogP contribution >= 0.6 is 11.6 Å². The molecule has 0 aliphatic carbocycles. The van der Waals surface area contributed by atoms with Gasteiger partial charge in [-0.1, -0.05) is 11.6 Å². The van der Waals surface area contributed by atoms with Gasteiger partial charge in [-0.05, 0) is 18.2 Å². The first kappa shape index (κ1) is 18.0. The second-order valence-corrected chi connectivity index (χ2v) is 7.12. The van der Waals surface area contributed by atoms with Gasteiger partial charge in [-0.2, -0.15) is 8.42 Å². The molecule has 8 nitrogen and oxygen atoms in total. The number of rotatable bonds is 6. The van der Waals surface area contributed by atoms with Gasteiger partial charge in [0.2, 0.25) is 5.95 Å². The Kier molecular flexibility index (Phi) is 5.01. The molecule has 0 radical (unpaired) electrons. The van der Waals surface area contributed by atoms with Crippen LogP contribution in [0, 0.1) is 0 Å². The summed E-state index contributed by atoms with van der Waals surface area (Å²) in [6, 6.07) is 9.24. The minimum Gasteiger partial charge on any atom is -0.497 e. The van der Waals surface area contributed by atoms with Crippen molar-refractivity contribution < 1.29 is 17.9 Å². The molecule has 1 aromatic carbocycles. The third-order valence-corrected chi connectivity index (χ3v) is 5.01. The van der Waals surface area contributed by atoms with Crippen molar-refractivity contribution >= 4 is 27.3 Å². The van der Waals surface area contributed by atoms with Crippen LogP contribution in [-0.2, 0) is 10.0 Å². The zero-order chi connectivity index (χ0) is 18.7. The minimum atomic E-state index is -3.93. The van der Waals surface area contributed by atoms with Gasteiger partial charge in [0.05, 0.1) is 19.9 Å². The fraction of sp³-hybridized carbons (Fsp3) is 0.125. The molecule has 0 saturated carbocycles. The lowest BCUT2D eigenvalue weighted by Gasteiger charge is -2.12. The summed E-state index contributed by atoms with van der Waals surface area (Å²) in [5, 5.41) is 0.166. The lowest BCUT2D eigenvalue weighted by molar-refractivity contribution is 0.395. The van der Waals surface area contributed by atoms with Crippen molar-refractivity contribution in [2.75, 3.05) is 18.9 Å². The summed E-state index contributed by atoms with van der Waals surface area (Å²) in [5.41, 5.74) is 0.293. The highest BCUT2D eigenvalue weighted by molar-refractivity contribution is 7.92. The van der Waals surface area contributed by atoms with E-state index in [0.717, 1.165) is 0 Å². The fourth-order valence-corrected chi connectivity index (χ4v) is 3.59. The molecule has 0 spiro atoms. The summed E-state index contributed by atoms with van der Waals surface area (Å²) in [6.45, 7) is 0. The Morgan fingerprint density at radius 1 is 1.12 bits per heavy atom. The standard InChI is InChI=1S/C16H15ClN4O4S/c1-24-12-8-11(9-13(10-12)25-2)20-26(22,23)15-4-3-7-21(15)16-18-6-5-14(17)19-16/h3-10,20H,1-2H3. The predicted molar refractivity (Wildman–Crippen MR) is 96.7 cm³/mol. The Morgan fingerprint density at radius 3 is 2.42 bits per heavy atom. The van der Waals surface area contributed by atoms with Gasteiger partial charge in [0.1, 0.15) is 16.7 Å². The third-order valence-electron chi connectivity index (χ3n) is 3.41. The second-order valence-electron chi connectivity index (χ2n) is 5.10. The number of hydrogen-bond acceptors (Lipinski definition) is 6. The van der Waals surface area contributed by atoms with E-state index in [1.165, 1.54) is 43.3 Å². The van der Waals surface area contributed by atoms with Gasteiger partial charge in [0.25, 0.3) is 10.0 Å². The molecule has 0 saturated heterocycles. The number of methoxy groups -OCH3 is 2. The van der Waals surface area contributed by atoms with Gasteiger partial charge in [0.15, 0.2) is 5.03 Å². The first-order chi connectivity index (χ1) is 12.4. The zero-order valence-electron chi connectivity index (χ0n) is 13.9. The van der Waals surface area contributed by atoms with E-state index >= 15 is 0 Å². The van der Waals surface area contributed by atoms with Crippen LogP contribution in [0.15, 0.2) is 53.8 Å². The highest BCUT2D eigenvalue weighted by Crippen LogP contribution is 2.28. The Balaban J connectivity index is 1.99. The largest absolute Gasteiger partial charge is 0.497 e. The molecule has 3 rings (SSSR count). The summed E-state index contributed by atoms with van der Waals surface area (Å²) >= 11 is 5.87. The Labute approximate surface area is 155 Å². The number of anilines is 1. The highest BCUT2D eigenvalue weighted by Gasteiger charge is 2.21. The van der Waals surface area contributed by atoms with E-state index in [-0.39, 0.29) is 16.1 Å². The van der Waals surface area contributed by atoms with Crippen molar-refractivity contribution in [1.29, 1.82) is 0 Å². The molecular formula is C16H15ClN4O4S. The monoisotopic (exact) mass is 394 g/mol. The number of sulfonamides is 1. The number of hydrogen-bond donors (Lipinski definition) is 1. The number of halogens is 1. The van der Waals surface area contributed by atoms with Crippen molar-refractivity contribution in [3.05, 3.63) is 53.9 Å². The van der Waals surface area contributed by atoms with E-state index in [2.05, 4.69) is 14.7 Å². The van der Waals surface area contributed by atoms with E-state index < -0.39 is 10.0 Å². The molecule has 0 atom stereocenters. The molecule has 26 heavy (non-hydrogen) atoms. The molecule has 136 valence electrons. The molecule has 1 N–H and O–H groups in total. The zero-order valence-corrected chi connectivity index (χ0v) is 15.5. The van der Waals surface area contributed by atoms with E-state index in [9.17, 15) is 8.42 Å². The first-order valence-electron chi connectivity index (χ1n) is 7.35. The van der Waals surface area contributed by atoms with Gasteiger partial charge in [-0.15, -0.1) is 0 Å². The van der Waals surface area contributed by atoms with Crippen LogP contribution in [-0.4, -0.2) is 37.2 Å². The summed E-state index contributed by atoms with van der Waals surface area (Å²) < 4.78 is 39.8. The third kappa shape index (κ3) is 3.73. The van der Waals surface area contributed by atoms with E-state index in [4.69, 9.17) is 21.1 Å². The van der Waals surface area contributed by atoms with Gasteiger partial charge < -0.3 is 9.47 Å². The maximum absolute atomic E-state index is 12.8. The smallest absolute Gasteiger partial charge is 0.278 e. The predicted octanol–water partition coefficient (Wildman–Crippen LogP) is 2.74. The van der Waals surface area contributed by atoms with Crippen LogP contribution in [0.4, 0.5) is 5.69 Å². The summed E-state index contributed by atoms with van der Waals surface area (Å²) in [5.74, 6) is 1.05. The molecule has 0 aliphatic heterocycles. The Bertz CT molecular complexity index is 1010. The van der Waals surface area contributed by atoms with E-state index in [0.29, 0.717) is 17.2 Å². The molecule has 0 unspecified atom stereocenters. The molecule has 0 aliphatic rings. The van der Waals surface area contributed by atoms with Crippen LogP contribution in [0.25, 0.3) is 5.95 Å². The summed E-state index contributed by atoms with van der Waals surface area (Å²) in [4.78, 5) is 8.09. The van der Waals surface area contributed by atoms with Crippen molar-refractivity contribution in [3.8, 4) is 17.4 Å². The van der Waals surface area contributed by atoms with Crippen LogP contribution < -0.4 is 14.2 Å². The molecular weight excluding hydrogens is 380 g/mol. The van der Waals surface area contributed by atoms with E-state index in [1.54, 1.807) is 24.3 Å². The van der Waals surface area contributed by atoms with Crippen molar-refractivity contribution in [2.45, 2.75) is 5.03 Å².